The molecule has 66 valence electrons. The maximum absolute atomic E-state index is 11.0. The van der Waals surface area contributed by atoms with E-state index in [1.54, 1.807) is 4.90 Å². The van der Waals surface area contributed by atoms with Gasteiger partial charge in [0.05, 0.1) is 0 Å². The van der Waals surface area contributed by atoms with E-state index in [9.17, 15) is 4.79 Å². The number of hydrogen-bond donors (Lipinski definition) is 1. The van der Waals surface area contributed by atoms with Crippen LogP contribution in [0.5, 0.6) is 0 Å². The van der Waals surface area contributed by atoms with E-state index < -0.39 is 0 Å². The molecule has 0 heterocycles. The zero-order valence-electron chi connectivity index (χ0n) is 7.50. The minimum absolute atomic E-state index is 0.179. The Morgan fingerprint density at radius 2 is 2.09 bits per heavy atom. The van der Waals surface area contributed by atoms with Crippen molar-refractivity contribution in [3.05, 3.63) is 0 Å². The van der Waals surface area contributed by atoms with Gasteiger partial charge in [0.25, 0.3) is 0 Å². The number of nitrogens with zero attached hydrogens (tertiary/aromatic N) is 1. The molecule has 11 heavy (non-hydrogen) atoms. The van der Waals surface area contributed by atoms with E-state index in [4.69, 9.17) is 5.11 Å². The lowest BCUT2D eigenvalue weighted by atomic mass is 10.3. The Morgan fingerprint density at radius 3 is 2.36 bits per heavy atom. The van der Waals surface area contributed by atoms with Crippen LogP contribution in [-0.4, -0.2) is 35.1 Å². The first-order chi connectivity index (χ1) is 5.13. The summed E-state index contributed by atoms with van der Waals surface area (Å²) in [5.41, 5.74) is 0. The van der Waals surface area contributed by atoms with Crippen molar-refractivity contribution in [1.29, 1.82) is 0 Å². The Balaban J connectivity index is 3.98. The Bertz CT molecular complexity index is 123. The van der Waals surface area contributed by atoms with Gasteiger partial charge >= 0.3 is 0 Å². The molecule has 0 bridgehead atoms. The minimum Gasteiger partial charge on any atom is -0.387 e. The molecule has 0 unspecified atom stereocenters. The first kappa shape index (κ1) is 10.4. The highest BCUT2D eigenvalue weighted by molar-refractivity contribution is 5.77. The molecule has 3 nitrogen and oxygen atoms in total. The van der Waals surface area contributed by atoms with Crippen LogP contribution in [0.4, 0.5) is 0 Å². The second kappa shape index (κ2) is 5.13. The van der Waals surface area contributed by atoms with Crippen LogP contribution in [0.2, 0.25) is 0 Å². The van der Waals surface area contributed by atoms with Crippen LogP contribution in [-0.2, 0) is 4.79 Å². The third kappa shape index (κ3) is 3.37. The van der Waals surface area contributed by atoms with Crippen LogP contribution in [0.3, 0.4) is 0 Å². The molecule has 0 rings (SSSR count). The second-order valence-electron chi connectivity index (χ2n) is 2.84. The minimum atomic E-state index is -0.377. The largest absolute Gasteiger partial charge is 0.387 e. The summed E-state index contributed by atoms with van der Waals surface area (Å²) in [5.74, 6) is -0.179. The molecule has 0 aliphatic rings. The topological polar surface area (TPSA) is 40.5 Å². The predicted molar refractivity (Wildman–Crippen MR) is 44.2 cm³/mol. The van der Waals surface area contributed by atoms with E-state index in [1.807, 2.05) is 20.8 Å². The van der Waals surface area contributed by atoms with Gasteiger partial charge in [0.2, 0.25) is 5.91 Å². The maximum atomic E-state index is 11.0. The lowest BCUT2D eigenvalue weighted by Crippen LogP contribution is -2.39. The van der Waals surface area contributed by atoms with E-state index in [1.165, 1.54) is 0 Å². The van der Waals surface area contributed by atoms with Crippen LogP contribution in [0.1, 0.15) is 27.2 Å². The zero-order valence-corrected chi connectivity index (χ0v) is 7.50. The molecule has 0 atom stereocenters. The molecular weight excluding hydrogens is 142 g/mol. The zero-order chi connectivity index (χ0) is 8.85. The van der Waals surface area contributed by atoms with Crippen molar-refractivity contribution in [1.82, 2.24) is 4.90 Å². The van der Waals surface area contributed by atoms with Crippen molar-refractivity contribution in [2.45, 2.75) is 33.2 Å². The number of amides is 1. The Hall–Kier alpha value is -0.570. The highest BCUT2D eigenvalue weighted by Crippen LogP contribution is 1.99. The molecule has 0 aliphatic heterocycles. The monoisotopic (exact) mass is 159 g/mol. The summed E-state index contributed by atoms with van der Waals surface area (Å²) >= 11 is 0. The van der Waals surface area contributed by atoms with Gasteiger partial charge in [-0.05, 0) is 20.3 Å². The third-order valence-electron chi connectivity index (χ3n) is 1.54. The number of carbonyl (C=O) groups is 1. The second-order valence-corrected chi connectivity index (χ2v) is 2.84. The average molecular weight is 159 g/mol. The average Bonchev–Trinajstić information content (AvgIpc) is 1.98. The Labute approximate surface area is 68.0 Å². The van der Waals surface area contributed by atoms with Crippen molar-refractivity contribution in [2.24, 2.45) is 0 Å². The molecule has 0 radical (unpaired) electrons. The van der Waals surface area contributed by atoms with Gasteiger partial charge in [-0.3, -0.25) is 4.79 Å². The summed E-state index contributed by atoms with van der Waals surface area (Å²) in [4.78, 5) is 12.7. The molecule has 0 aliphatic carbocycles. The lowest BCUT2D eigenvalue weighted by molar-refractivity contribution is -0.135. The fourth-order valence-electron chi connectivity index (χ4n) is 1.00. The van der Waals surface area contributed by atoms with E-state index in [2.05, 4.69) is 0 Å². The van der Waals surface area contributed by atoms with Gasteiger partial charge in [-0.15, -0.1) is 0 Å². The van der Waals surface area contributed by atoms with E-state index >= 15 is 0 Å². The van der Waals surface area contributed by atoms with Crippen LogP contribution < -0.4 is 0 Å². The maximum Gasteiger partial charge on any atom is 0.248 e. The van der Waals surface area contributed by atoms with Crippen LogP contribution in [0, 0.1) is 0 Å². The SMILES string of the molecule is CCCN(C(=O)CO)C(C)C. The van der Waals surface area contributed by atoms with Crippen molar-refractivity contribution in [3.8, 4) is 0 Å². The molecular formula is C8H17NO2. The van der Waals surface area contributed by atoms with E-state index in [-0.39, 0.29) is 18.6 Å². The highest BCUT2D eigenvalue weighted by atomic mass is 16.3. The van der Waals surface area contributed by atoms with Gasteiger partial charge in [0.15, 0.2) is 0 Å². The van der Waals surface area contributed by atoms with Crippen LogP contribution >= 0.6 is 0 Å². The van der Waals surface area contributed by atoms with Crippen molar-refractivity contribution >= 4 is 5.91 Å². The number of carbonyl (C=O) groups excluding carboxylic acids is 1. The van der Waals surface area contributed by atoms with Gasteiger partial charge in [-0.25, -0.2) is 0 Å². The summed E-state index contributed by atoms with van der Waals surface area (Å²) in [5, 5.41) is 8.59. The summed E-state index contributed by atoms with van der Waals surface area (Å²) in [6.45, 7) is 6.27. The fraction of sp³-hybridized carbons (Fsp3) is 0.875. The lowest BCUT2D eigenvalue weighted by Gasteiger charge is -2.25. The van der Waals surface area contributed by atoms with Gasteiger partial charge in [-0.1, -0.05) is 6.92 Å². The predicted octanol–water partition coefficient (Wildman–Crippen LogP) is 0.626. The van der Waals surface area contributed by atoms with Crippen molar-refractivity contribution in [2.75, 3.05) is 13.2 Å². The van der Waals surface area contributed by atoms with Gasteiger partial charge < -0.3 is 10.0 Å². The van der Waals surface area contributed by atoms with Crippen LogP contribution in [0.15, 0.2) is 0 Å². The fourth-order valence-corrected chi connectivity index (χ4v) is 1.00. The summed E-state index contributed by atoms with van der Waals surface area (Å²) in [6.07, 6.45) is 0.934. The highest BCUT2D eigenvalue weighted by Gasteiger charge is 2.13. The van der Waals surface area contributed by atoms with Gasteiger partial charge in [-0.2, -0.15) is 0 Å². The smallest absolute Gasteiger partial charge is 0.248 e. The number of hydrogen-bond acceptors (Lipinski definition) is 2. The Kier molecular flexibility index (Phi) is 4.86. The number of rotatable bonds is 4. The van der Waals surface area contributed by atoms with Gasteiger partial charge in [0.1, 0.15) is 6.61 Å². The molecule has 0 aromatic rings. The molecule has 3 heteroatoms. The molecule has 0 fully saturated rings. The molecule has 0 aromatic heterocycles. The summed E-state index contributed by atoms with van der Waals surface area (Å²) in [6, 6.07) is 0.189. The molecule has 0 spiro atoms. The molecule has 0 aromatic carbocycles. The molecule has 1 N–H and O–H groups in total. The normalized spacial score (nSPS) is 10.3. The summed E-state index contributed by atoms with van der Waals surface area (Å²) < 4.78 is 0. The van der Waals surface area contributed by atoms with E-state index in [0.717, 1.165) is 13.0 Å². The summed E-state index contributed by atoms with van der Waals surface area (Å²) in [7, 11) is 0. The standard InChI is InChI=1S/C8H17NO2/c1-4-5-9(7(2)3)8(11)6-10/h7,10H,4-6H2,1-3H3. The first-order valence-electron chi connectivity index (χ1n) is 4.03. The number of aliphatic hydroxyl groups excluding tert-OH is 1. The van der Waals surface area contributed by atoms with Crippen LogP contribution in [0.25, 0.3) is 0 Å². The first-order valence-corrected chi connectivity index (χ1v) is 4.03. The quantitative estimate of drug-likeness (QED) is 0.653. The van der Waals surface area contributed by atoms with Crippen molar-refractivity contribution < 1.29 is 9.90 Å². The Morgan fingerprint density at radius 1 is 1.55 bits per heavy atom. The van der Waals surface area contributed by atoms with Crippen molar-refractivity contribution in [3.63, 3.8) is 0 Å². The van der Waals surface area contributed by atoms with E-state index in [0.29, 0.717) is 0 Å². The number of aliphatic hydroxyl groups is 1. The third-order valence-corrected chi connectivity index (χ3v) is 1.54. The molecule has 1 amide bonds. The van der Waals surface area contributed by atoms with Gasteiger partial charge in [0, 0.05) is 12.6 Å². The molecule has 0 saturated carbocycles. The molecule has 0 saturated heterocycles.